The Hall–Kier alpha value is -6.18. The summed E-state index contributed by atoms with van der Waals surface area (Å²) in [5.74, 6) is -2.89. The fraction of sp³-hybridized carbons (Fsp3) is 0.632. The van der Waals surface area contributed by atoms with E-state index in [-0.39, 0.29) is 99.8 Å². The van der Waals surface area contributed by atoms with Crippen molar-refractivity contribution < 1.29 is 63.1 Å². The van der Waals surface area contributed by atoms with Crippen LogP contribution >= 0.6 is 23.5 Å². The monoisotopic (exact) mass is 1350 g/mol. The topological polar surface area (TPSA) is 260 Å². The molecule has 95 heavy (non-hydrogen) atoms. The summed E-state index contributed by atoms with van der Waals surface area (Å²) in [6.45, 7) is 37.1. The molecule has 524 valence electrons. The van der Waals surface area contributed by atoms with Crippen LogP contribution in [0.2, 0.25) is 0 Å². The van der Waals surface area contributed by atoms with Gasteiger partial charge in [0.2, 0.25) is 11.8 Å². The van der Waals surface area contributed by atoms with Crippen LogP contribution < -0.4 is 10.6 Å². The lowest BCUT2D eigenvalue weighted by Crippen LogP contribution is -2.50. The zero-order chi connectivity index (χ0) is 70.8. The van der Waals surface area contributed by atoms with Crippen LogP contribution in [0.15, 0.2) is 76.9 Å². The summed E-state index contributed by atoms with van der Waals surface area (Å²) >= 11 is 2.59. The molecule has 2 aliphatic carbocycles. The first-order valence-electron chi connectivity index (χ1n) is 34.1. The Morgan fingerprint density at radius 3 is 1.69 bits per heavy atom. The molecule has 6 rings (SSSR count). The maximum absolute atomic E-state index is 16.0. The van der Waals surface area contributed by atoms with E-state index in [2.05, 4.69) is 98.7 Å². The SMILES string of the molecule is CC1CC(C)C(OC(=O)c2c(NC(=O)C(C)(C)CCCSC(CC(=O)O)C(=O)O)[nH]c(C=C3N=C(NC(=O)C(C)(C)CCCOC(=O)C(C)(C)CSCCCO)C(C(=O)OC4C(C(C)(C)C)CC(C)CC4C(C)(C)C)=C3c3ccccc3)c2-c2ccccc2)C(C(C)(C)C)C1. The number of hydrogen-bond acceptors (Lipinski definition) is 14. The van der Waals surface area contributed by atoms with Gasteiger partial charge in [0.1, 0.15) is 40.2 Å². The van der Waals surface area contributed by atoms with Gasteiger partial charge >= 0.3 is 29.8 Å². The number of aromatic amines is 1. The van der Waals surface area contributed by atoms with Gasteiger partial charge < -0.3 is 45.1 Å². The van der Waals surface area contributed by atoms with Crippen LogP contribution in [0.25, 0.3) is 22.8 Å². The van der Waals surface area contributed by atoms with Crippen molar-refractivity contribution >= 4 is 88.5 Å². The minimum Gasteiger partial charge on any atom is -0.481 e. The molecule has 1 aromatic heterocycles. The number of hydrogen-bond donors (Lipinski definition) is 6. The number of aliphatic hydroxyl groups is 1. The van der Waals surface area contributed by atoms with Crippen LogP contribution in [0.3, 0.4) is 0 Å². The van der Waals surface area contributed by atoms with Crippen LogP contribution in [0, 0.1) is 68.0 Å². The van der Waals surface area contributed by atoms with Gasteiger partial charge in [0, 0.05) is 52.1 Å². The number of aliphatic carboxylic acids is 2. The van der Waals surface area contributed by atoms with Crippen molar-refractivity contribution in [1.82, 2.24) is 10.3 Å². The molecule has 2 amide bonds. The lowest BCUT2D eigenvalue weighted by Gasteiger charge is -2.50. The van der Waals surface area contributed by atoms with Gasteiger partial charge in [0.25, 0.3) is 0 Å². The highest BCUT2D eigenvalue weighted by Crippen LogP contribution is 2.51. The van der Waals surface area contributed by atoms with Crippen molar-refractivity contribution in [1.29, 1.82) is 0 Å². The molecular weight excluding hydrogens is 1240 g/mol. The molecule has 6 N–H and O–H groups in total. The molecule has 0 radical (unpaired) electrons. The summed E-state index contributed by atoms with van der Waals surface area (Å²) in [5, 5.41) is 33.4. The van der Waals surface area contributed by atoms with Gasteiger partial charge in [0.05, 0.1) is 29.8 Å². The van der Waals surface area contributed by atoms with Crippen molar-refractivity contribution in [2.75, 3.05) is 35.8 Å². The third-order valence-corrected chi connectivity index (χ3v) is 22.2. The number of benzene rings is 2. The molecule has 2 saturated carbocycles. The number of carboxylic acids is 2. The first-order chi connectivity index (χ1) is 44.2. The normalized spacial score (nSPS) is 22.2. The third-order valence-electron chi connectivity index (χ3n) is 19.4. The Morgan fingerprint density at radius 1 is 0.642 bits per heavy atom. The number of H-pyrrole nitrogens is 1. The number of aromatic nitrogens is 1. The van der Waals surface area contributed by atoms with E-state index in [1.165, 1.54) is 0 Å². The van der Waals surface area contributed by atoms with E-state index in [0.29, 0.717) is 77.0 Å². The largest absolute Gasteiger partial charge is 0.481 e. The molecule has 3 aliphatic rings. The third kappa shape index (κ3) is 20.7. The summed E-state index contributed by atoms with van der Waals surface area (Å²) in [6, 6.07) is 18.6. The molecule has 7 atom stereocenters. The molecule has 1 aliphatic heterocycles. The molecule has 2 aromatic carbocycles. The van der Waals surface area contributed by atoms with Crippen molar-refractivity contribution in [2.24, 2.45) is 73.0 Å². The Balaban J connectivity index is 1.56. The number of anilines is 1. The summed E-state index contributed by atoms with van der Waals surface area (Å²) in [7, 11) is 0. The fourth-order valence-corrected chi connectivity index (χ4v) is 15.8. The highest BCUT2D eigenvalue weighted by molar-refractivity contribution is 8.00. The number of nitrogens with zero attached hydrogens (tertiary/aromatic N) is 1. The van der Waals surface area contributed by atoms with Crippen molar-refractivity contribution in [3.8, 4) is 11.1 Å². The second kappa shape index (κ2) is 32.5. The smallest absolute Gasteiger partial charge is 0.342 e. The Morgan fingerprint density at radius 2 is 1.16 bits per heavy atom. The van der Waals surface area contributed by atoms with Gasteiger partial charge in [-0.1, -0.05) is 171 Å². The maximum Gasteiger partial charge on any atom is 0.342 e. The highest BCUT2D eigenvalue weighted by Gasteiger charge is 2.50. The number of amidine groups is 1. The molecule has 0 bridgehead atoms. The van der Waals surface area contributed by atoms with Crippen molar-refractivity contribution in [3.05, 3.63) is 88.8 Å². The molecular formula is C76H110N4O13S2. The summed E-state index contributed by atoms with van der Waals surface area (Å²) in [6.07, 6.45) is 5.41. The summed E-state index contributed by atoms with van der Waals surface area (Å²) in [5.41, 5.74) is -1.21. The van der Waals surface area contributed by atoms with E-state index in [4.69, 9.17) is 19.2 Å². The number of carboxylic acid groups (broad SMARTS) is 2. The Bertz CT molecular complexity index is 3270. The summed E-state index contributed by atoms with van der Waals surface area (Å²) < 4.78 is 19.7. The summed E-state index contributed by atoms with van der Waals surface area (Å²) in [4.78, 5) is 107. The van der Waals surface area contributed by atoms with Crippen molar-refractivity contribution in [2.45, 2.75) is 206 Å². The van der Waals surface area contributed by atoms with Crippen LogP contribution in [-0.4, -0.2) is 116 Å². The van der Waals surface area contributed by atoms with Crippen LogP contribution in [-0.2, 0) is 43.0 Å². The molecule has 0 spiro atoms. The average Bonchev–Trinajstić information content (AvgIpc) is 1.68. The zero-order valence-electron chi connectivity index (χ0n) is 59.8. The van der Waals surface area contributed by atoms with E-state index in [0.717, 1.165) is 37.4 Å². The lowest BCUT2D eigenvalue weighted by molar-refractivity contribution is -0.164. The van der Waals surface area contributed by atoms with Gasteiger partial charge in [-0.3, -0.25) is 24.0 Å². The van der Waals surface area contributed by atoms with Crippen LogP contribution in [0.1, 0.15) is 210 Å². The molecule has 7 unspecified atom stereocenters. The first kappa shape index (κ1) is 77.8. The number of esters is 3. The number of aliphatic imine (C=N–C) groups is 1. The van der Waals surface area contributed by atoms with Gasteiger partial charge in [-0.15, -0.1) is 11.8 Å². The molecule has 3 aromatic rings. The quantitative estimate of drug-likeness (QED) is 0.0224. The number of thioether (sulfide) groups is 2. The second-order valence-electron chi connectivity index (χ2n) is 32.3. The van der Waals surface area contributed by atoms with E-state index in [1.807, 2.05) is 74.5 Å². The number of amides is 2. The minimum atomic E-state index is -1.23. The first-order valence-corrected chi connectivity index (χ1v) is 36.3. The van der Waals surface area contributed by atoms with Crippen molar-refractivity contribution in [3.63, 3.8) is 0 Å². The van der Waals surface area contributed by atoms with Gasteiger partial charge in [0.15, 0.2) is 0 Å². The number of nitrogens with one attached hydrogen (secondary N) is 3. The predicted molar refractivity (Wildman–Crippen MR) is 382 cm³/mol. The van der Waals surface area contributed by atoms with Crippen LogP contribution in [0.4, 0.5) is 5.82 Å². The molecule has 2 heterocycles. The lowest BCUT2D eigenvalue weighted by atomic mass is 9.59. The second-order valence-corrected chi connectivity index (χ2v) is 34.7. The standard InChI is InChI=1S/C76H110N4O13S2/c1-45-38-47(3)61(50(39-45)71(4,5)6)92-66(86)59-57(48-28-21-19-22-29-48)53(77-63(59)80-69(89)75(15,16)33-26-37-95-55(65(84)85)43-56(82)83)42-54-58(49-30-23-20-24-31-49)60(67(87)93-62-51(72(7,8)9)40-46(2)41-52(62)73(10,11)12)64(78-54)79-68(88)74(13,14)32-25-35-91-70(90)76(17,18)44-94-36-27-34-81/h19-24,28-31,42,45-47,50-52,55,61-62,77,81H,25-27,32-41,43-44H2,1-18H3,(H,80,89)(H,82,83)(H,84,85)(H,78,79,88). The Kier molecular flexibility index (Phi) is 26.6. The zero-order valence-corrected chi connectivity index (χ0v) is 61.5. The van der Waals surface area contributed by atoms with E-state index < -0.39 is 75.8 Å². The number of rotatable bonds is 28. The maximum atomic E-state index is 16.0. The number of aliphatic hydroxyl groups excluding tert-OH is 1. The fourth-order valence-electron chi connectivity index (χ4n) is 13.7. The minimum absolute atomic E-state index is 0.0102. The predicted octanol–water partition coefficient (Wildman–Crippen LogP) is 15.8. The molecule has 19 heteroatoms. The Labute approximate surface area is 573 Å². The van der Waals surface area contributed by atoms with E-state index in [9.17, 15) is 34.5 Å². The molecule has 17 nitrogen and oxygen atoms in total. The average molecular weight is 1350 g/mol. The van der Waals surface area contributed by atoms with Gasteiger partial charge in [-0.25, -0.2) is 14.6 Å². The number of carbonyl (C=O) groups excluding carboxylic acids is 5. The van der Waals surface area contributed by atoms with E-state index in [1.54, 1.807) is 45.5 Å². The molecule has 0 saturated heterocycles. The molecule has 2 fully saturated rings. The number of ether oxygens (including phenoxy) is 3. The number of carbonyl (C=O) groups is 7. The number of allylic oxidation sites excluding steroid dienone is 1. The van der Waals surface area contributed by atoms with Gasteiger partial charge in [-0.2, -0.15) is 11.8 Å². The van der Waals surface area contributed by atoms with Crippen LogP contribution in [0.5, 0.6) is 0 Å². The van der Waals surface area contributed by atoms with E-state index >= 15 is 14.4 Å². The van der Waals surface area contributed by atoms with Gasteiger partial charge in [-0.05, 0) is 134 Å². The highest BCUT2D eigenvalue weighted by atomic mass is 32.2.